The number of rotatable bonds is 5. The lowest BCUT2D eigenvalue weighted by Gasteiger charge is -2.31. The maximum Gasteiger partial charge on any atom is 0.338 e. The molecule has 3 rings (SSSR count). The Hall–Kier alpha value is -1.88. The molecule has 5 heteroatoms. The third-order valence-corrected chi connectivity index (χ3v) is 4.90. The zero-order chi connectivity index (χ0) is 16.5. The number of esters is 2. The van der Waals surface area contributed by atoms with Crippen LogP contribution in [0, 0.1) is 5.41 Å². The van der Waals surface area contributed by atoms with Gasteiger partial charge in [-0.3, -0.25) is 4.79 Å². The first-order chi connectivity index (χ1) is 10.9. The second kappa shape index (κ2) is 5.96. The van der Waals surface area contributed by atoms with E-state index < -0.39 is 11.4 Å². The number of benzene rings is 1. The molecule has 0 amide bonds. The predicted octanol–water partition coefficient (Wildman–Crippen LogP) is 2.73. The van der Waals surface area contributed by atoms with Crippen molar-refractivity contribution in [1.29, 1.82) is 0 Å². The average Bonchev–Trinajstić information content (AvgIpc) is 3.22. The highest BCUT2D eigenvalue weighted by molar-refractivity contribution is 5.89. The van der Waals surface area contributed by atoms with E-state index >= 15 is 0 Å². The fraction of sp³-hybridized carbons (Fsp3) is 0.556. The highest BCUT2D eigenvalue weighted by Gasteiger charge is 2.60. The first kappa shape index (κ1) is 16.0. The Morgan fingerprint density at radius 2 is 1.83 bits per heavy atom. The van der Waals surface area contributed by atoms with E-state index in [-0.39, 0.29) is 30.9 Å². The van der Waals surface area contributed by atoms with Crippen LogP contribution in [0.1, 0.15) is 43.5 Å². The molecule has 23 heavy (non-hydrogen) atoms. The molecule has 2 fully saturated rings. The summed E-state index contributed by atoms with van der Waals surface area (Å²) in [6.07, 6.45) is 2.52. The summed E-state index contributed by atoms with van der Waals surface area (Å²) in [5, 5.41) is 0. The molecule has 1 heterocycles. The minimum atomic E-state index is -0.496. The van der Waals surface area contributed by atoms with Crippen LogP contribution in [0.2, 0.25) is 0 Å². The SMILES string of the molecule is C[C@]1(C(=O)OCCOC(=O)c2ccccc2)CC[C@]2(C)O[C@@H]2C1. The van der Waals surface area contributed by atoms with Crippen LogP contribution in [0.25, 0.3) is 0 Å². The van der Waals surface area contributed by atoms with Gasteiger partial charge < -0.3 is 14.2 Å². The van der Waals surface area contributed by atoms with Gasteiger partial charge in [0, 0.05) is 0 Å². The van der Waals surface area contributed by atoms with Gasteiger partial charge in [0.2, 0.25) is 0 Å². The van der Waals surface area contributed by atoms with Gasteiger partial charge in [-0.25, -0.2) is 4.79 Å². The minimum Gasteiger partial charge on any atom is -0.462 e. The number of carbonyl (C=O) groups is 2. The first-order valence-corrected chi connectivity index (χ1v) is 8.00. The van der Waals surface area contributed by atoms with Crippen molar-refractivity contribution < 1.29 is 23.8 Å². The second-order valence-electron chi connectivity index (χ2n) is 6.82. The molecule has 0 radical (unpaired) electrons. The number of hydrogen-bond acceptors (Lipinski definition) is 5. The third-order valence-electron chi connectivity index (χ3n) is 4.90. The molecule has 5 nitrogen and oxygen atoms in total. The molecule has 2 aliphatic rings. The summed E-state index contributed by atoms with van der Waals surface area (Å²) in [6, 6.07) is 8.74. The molecular weight excluding hydrogens is 296 g/mol. The third kappa shape index (κ3) is 3.39. The summed E-state index contributed by atoms with van der Waals surface area (Å²) in [4.78, 5) is 24.0. The first-order valence-electron chi connectivity index (χ1n) is 8.00. The van der Waals surface area contributed by atoms with Gasteiger partial charge in [0.05, 0.1) is 22.7 Å². The number of fused-ring (bicyclic) bond motifs is 1. The molecule has 0 aromatic heterocycles. The molecule has 0 N–H and O–H groups in total. The van der Waals surface area contributed by atoms with Crippen LogP contribution in [-0.2, 0) is 19.0 Å². The Kier molecular flexibility index (Phi) is 4.15. The Balaban J connectivity index is 1.40. The molecule has 1 aromatic rings. The van der Waals surface area contributed by atoms with Gasteiger partial charge in [-0.05, 0) is 45.2 Å². The maximum atomic E-state index is 12.3. The fourth-order valence-corrected chi connectivity index (χ4v) is 3.09. The molecule has 3 atom stereocenters. The Morgan fingerprint density at radius 1 is 1.13 bits per heavy atom. The van der Waals surface area contributed by atoms with Crippen LogP contribution < -0.4 is 0 Å². The number of carbonyl (C=O) groups excluding carboxylic acids is 2. The van der Waals surface area contributed by atoms with E-state index in [9.17, 15) is 9.59 Å². The fourth-order valence-electron chi connectivity index (χ4n) is 3.09. The highest BCUT2D eigenvalue weighted by atomic mass is 16.6. The van der Waals surface area contributed by atoms with Crippen LogP contribution in [0.15, 0.2) is 30.3 Å². The molecule has 0 bridgehead atoms. The topological polar surface area (TPSA) is 65.1 Å². The van der Waals surface area contributed by atoms with Crippen molar-refractivity contribution in [1.82, 2.24) is 0 Å². The molecule has 1 saturated heterocycles. The summed E-state index contributed by atoms with van der Waals surface area (Å²) >= 11 is 0. The molecular formula is C18H22O5. The van der Waals surface area contributed by atoms with E-state index in [1.54, 1.807) is 24.3 Å². The van der Waals surface area contributed by atoms with Crippen molar-refractivity contribution in [3.63, 3.8) is 0 Å². The Labute approximate surface area is 135 Å². The Morgan fingerprint density at radius 3 is 2.52 bits per heavy atom. The largest absolute Gasteiger partial charge is 0.462 e. The van der Waals surface area contributed by atoms with Gasteiger partial charge in [-0.2, -0.15) is 0 Å². The van der Waals surface area contributed by atoms with Gasteiger partial charge >= 0.3 is 11.9 Å². The van der Waals surface area contributed by atoms with E-state index in [1.165, 1.54) is 0 Å². The molecule has 1 aliphatic heterocycles. The van der Waals surface area contributed by atoms with Crippen molar-refractivity contribution in [3.05, 3.63) is 35.9 Å². The monoisotopic (exact) mass is 318 g/mol. The van der Waals surface area contributed by atoms with Gasteiger partial charge in [-0.15, -0.1) is 0 Å². The van der Waals surface area contributed by atoms with Crippen molar-refractivity contribution in [2.24, 2.45) is 5.41 Å². The Bertz CT molecular complexity index is 599. The van der Waals surface area contributed by atoms with Crippen molar-refractivity contribution in [3.8, 4) is 0 Å². The van der Waals surface area contributed by atoms with E-state index in [4.69, 9.17) is 14.2 Å². The standard InChI is InChI=1S/C18H22O5/c1-17(8-9-18(2)14(12-17)23-18)16(20)22-11-10-21-15(19)13-6-4-3-5-7-13/h3-7,14H,8-12H2,1-2H3/t14-,17+,18+/m1/s1. The van der Waals surface area contributed by atoms with Crippen LogP contribution >= 0.6 is 0 Å². The van der Waals surface area contributed by atoms with Crippen LogP contribution in [0.4, 0.5) is 0 Å². The van der Waals surface area contributed by atoms with Gasteiger partial charge in [0.15, 0.2) is 0 Å². The number of epoxide rings is 1. The smallest absolute Gasteiger partial charge is 0.338 e. The summed E-state index contributed by atoms with van der Waals surface area (Å²) in [5.41, 5.74) is -0.0296. The normalized spacial score (nSPS) is 31.8. The number of hydrogen-bond donors (Lipinski definition) is 0. The lowest BCUT2D eigenvalue weighted by Crippen LogP contribution is -2.37. The van der Waals surface area contributed by atoms with Gasteiger partial charge in [0.25, 0.3) is 0 Å². The summed E-state index contributed by atoms with van der Waals surface area (Å²) in [7, 11) is 0. The molecule has 124 valence electrons. The molecule has 1 aromatic carbocycles. The van der Waals surface area contributed by atoms with Gasteiger partial charge in [-0.1, -0.05) is 18.2 Å². The van der Waals surface area contributed by atoms with Crippen LogP contribution in [0.5, 0.6) is 0 Å². The van der Waals surface area contributed by atoms with Gasteiger partial charge in [0.1, 0.15) is 13.2 Å². The van der Waals surface area contributed by atoms with Crippen LogP contribution in [0.3, 0.4) is 0 Å². The number of ether oxygens (including phenoxy) is 3. The quantitative estimate of drug-likeness (QED) is 0.474. The zero-order valence-electron chi connectivity index (χ0n) is 13.5. The van der Waals surface area contributed by atoms with E-state index in [1.807, 2.05) is 13.0 Å². The molecule has 0 unspecified atom stereocenters. The lowest BCUT2D eigenvalue weighted by atomic mass is 9.72. The van der Waals surface area contributed by atoms with Crippen molar-refractivity contribution in [2.45, 2.75) is 44.8 Å². The van der Waals surface area contributed by atoms with Crippen molar-refractivity contribution in [2.75, 3.05) is 13.2 Å². The van der Waals surface area contributed by atoms with E-state index in [0.717, 1.165) is 12.8 Å². The van der Waals surface area contributed by atoms with E-state index in [0.29, 0.717) is 12.0 Å². The summed E-state index contributed by atoms with van der Waals surface area (Å²) < 4.78 is 16.0. The lowest BCUT2D eigenvalue weighted by molar-refractivity contribution is -0.157. The van der Waals surface area contributed by atoms with Crippen LogP contribution in [-0.4, -0.2) is 36.9 Å². The second-order valence-corrected chi connectivity index (χ2v) is 6.82. The minimum absolute atomic E-state index is 0.0228. The average molecular weight is 318 g/mol. The maximum absolute atomic E-state index is 12.3. The zero-order valence-corrected chi connectivity index (χ0v) is 13.5. The highest BCUT2D eigenvalue weighted by Crippen LogP contribution is 2.53. The molecule has 1 saturated carbocycles. The predicted molar refractivity (Wildman–Crippen MR) is 82.9 cm³/mol. The molecule has 0 spiro atoms. The summed E-state index contributed by atoms with van der Waals surface area (Å²) in [5.74, 6) is -0.640. The van der Waals surface area contributed by atoms with E-state index in [2.05, 4.69) is 6.92 Å². The summed E-state index contributed by atoms with van der Waals surface area (Å²) in [6.45, 7) is 4.15. The molecule has 1 aliphatic carbocycles. The van der Waals surface area contributed by atoms with Crippen molar-refractivity contribution >= 4 is 11.9 Å².